The molecule has 1 atom stereocenters. The van der Waals surface area contributed by atoms with Crippen LogP contribution in [0.5, 0.6) is 0 Å². The average molecular weight is 416 g/mol. The number of ether oxygens (including phenoxy) is 1. The summed E-state index contributed by atoms with van der Waals surface area (Å²) in [5.41, 5.74) is 6.13. The Morgan fingerprint density at radius 3 is 2.32 bits per heavy atom. The van der Waals surface area contributed by atoms with E-state index >= 15 is 0 Å². The minimum Gasteiger partial charge on any atom is -0.399 e. The number of halogens is 2. The Hall–Kier alpha value is -0.150. The number of sulfonamides is 1. The second kappa shape index (κ2) is 7.03. The summed E-state index contributed by atoms with van der Waals surface area (Å²) in [5.74, 6) is 0. The Kier molecular flexibility index (Phi) is 6.25. The van der Waals surface area contributed by atoms with Crippen molar-refractivity contribution in [2.45, 2.75) is 24.3 Å². The lowest BCUT2D eigenvalue weighted by atomic mass is 10.3. The number of hydrogen-bond acceptors (Lipinski definition) is 4. The maximum atomic E-state index is 12.4. The minimum atomic E-state index is -3.65. The molecular weight excluding hydrogens is 400 g/mol. The van der Waals surface area contributed by atoms with Crippen LogP contribution in [0.15, 0.2) is 26.0 Å². The molecule has 0 aliphatic carbocycles. The second-order valence-corrected chi connectivity index (χ2v) is 7.35. The van der Waals surface area contributed by atoms with Crippen molar-refractivity contribution in [3.05, 3.63) is 21.1 Å². The van der Waals surface area contributed by atoms with Gasteiger partial charge in [0.1, 0.15) is 4.90 Å². The maximum absolute atomic E-state index is 12.4. The quantitative estimate of drug-likeness (QED) is 0.699. The van der Waals surface area contributed by atoms with E-state index in [2.05, 4.69) is 36.6 Å². The maximum Gasteiger partial charge on any atom is 0.243 e. The molecule has 0 heterocycles. The van der Waals surface area contributed by atoms with Gasteiger partial charge in [0, 0.05) is 27.8 Å². The second-order valence-electron chi connectivity index (χ2n) is 4.00. The van der Waals surface area contributed by atoms with Crippen molar-refractivity contribution >= 4 is 47.6 Å². The van der Waals surface area contributed by atoms with Gasteiger partial charge in [0.05, 0.1) is 6.61 Å². The fourth-order valence-electron chi connectivity index (χ4n) is 1.55. The van der Waals surface area contributed by atoms with Gasteiger partial charge in [0.2, 0.25) is 10.0 Å². The van der Waals surface area contributed by atoms with Gasteiger partial charge in [-0.2, -0.15) is 0 Å². The molecule has 8 heteroatoms. The first-order chi connectivity index (χ1) is 8.81. The summed E-state index contributed by atoms with van der Waals surface area (Å²) >= 11 is 6.45. The summed E-state index contributed by atoms with van der Waals surface area (Å²) in [6.45, 7) is 2.21. The van der Waals surface area contributed by atoms with E-state index in [0.717, 1.165) is 0 Å². The molecule has 1 rings (SSSR count). The highest BCUT2D eigenvalue weighted by molar-refractivity contribution is 9.11. The number of hydrogen-bond donors (Lipinski definition) is 2. The van der Waals surface area contributed by atoms with Crippen molar-refractivity contribution in [2.75, 3.05) is 19.5 Å². The van der Waals surface area contributed by atoms with Crippen molar-refractivity contribution in [2.24, 2.45) is 0 Å². The van der Waals surface area contributed by atoms with Crippen LogP contribution in [-0.2, 0) is 14.8 Å². The van der Waals surface area contributed by atoms with Crippen molar-refractivity contribution in [3.63, 3.8) is 0 Å². The van der Waals surface area contributed by atoms with Gasteiger partial charge in [0.25, 0.3) is 0 Å². The molecule has 0 aliphatic heterocycles. The lowest BCUT2D eigenvalue weighted by Gasteiger charge is -2.17. The first kappa shape index (κ1) is 16.9. The molecule has 1 aromatic rings. The van der Waals surface area contributed by atoms with Crippen LogP contribution < -0.4 is 10.5 Å². The molecule has 0 amide bonds. The van der Waals surface area contributed by atoms with E-state index < -0.39 is 10.0 Å². The minimum absolute atomic E-state index is 0.135. The molecule has 0 saturated carbocycles. The normalized spacial score (nSPS) is 13.5. The third-order valence-corrected chi connectivity index (χ3v) is 5.87. The average Bonchev–Trinajstić information content (AvgIpc) is 2.25. The van der Waals surface area contributed by atoms with Crippen LogP contribution in [0.3, 0.4) is 0 Å². The summed E-state index contributed by atoms with van der Waals surface area (Å²) in [5, 5.41) is 0. The number of anilines is 1. The lowest BCUT2D eigenvalue weighted by Crippen LogP contribution is -2.37. The molecule has 1 aromatic carbocycles. The molecule has 1 unspecified atom stereocenters. The smallest absolute Gasteiger partial charge is 0.243 e. The molecule has 19 heavy (non-hydrogen) atoms. The van der Waals surface area contributed by atoms with Gasteiger partial charge >= 0.3 is 0 Å². The van der Waals surface area contributed by atoms with E-state index in [1.165, 1.54) is 7.11 Å². The SMILES string of the molecule is CCC(COC)NS(=O)(=O)c1c(Br)cc(N)cc1Br. The molecule has 0 aliphatic rings. The van der Waals surface area contributed by atoms with Crippen LogP contribution in [-0.4, -0.2) is 28.2 Å². The highest BCUT2D eigenvalue weighted by Crippen LogP contribution is 2.32. The van der Waals surface area contributed by atoms with Gasteiger partial charge in [-0.1, -0.05) is 6.92 Å². The van der Waals surface area contributed by atoms with Gasteiger partial charge in [-0.05, 0) is 50.4 Å². The Morgan fingerprint density at radius 2 is 1.89 bits per heavy atom. The van der Waals surface area contributed by atoms with E-state index in [0.29, 0.717) is 27.7 Å². The monoisotopic (exact) mass is 414 g/mol. The zero-order valence-corrected chi connectivity index (χ0v) is 14.6. The molecule has 5 nitrogen and oxygen atoms in total. The number of nitrogens with one attached hydrogen (secondary N) is 1. The summed E-state index contributed by atoms with van der Waals surface area (Å²) in [6.07, 6.45) is 0.636. The largest absolute Gasteiger partial charge is 0.399 e. The van der Waals surface area contributed by atoms with Crippen LogP contribution in [0.4, 0.5) is 5.69 Å². The molecule has 3 N–H and O–H groups in total. The zero-order chi connectivity index (χ0) is 14.6. The molecule has 0 spiro atoms. The van der Waals surface area contributed by atoms with Crippen molar-refractivity contribution in [3.8, 4) is 0 Å². The summed E-state index contributed by atoms with van der Waals surface area (Å²) in [4.78, 5) is 0.135. The Morgan fingerprint density at radius 1 is 1.37 bits per heavy atom. The predicted molar refractivity (Wildman–Crippen MR) is 82.5 cm³/mol. The lowest BCUT2D eigenvalue weighted by molar-refractivity contribution is 0.173. The van der Waals surface area contributed by atoms with Gasteiger partial charge in [-0.15, -0.1) is 0 Å². The van der Waals surface area contributed by atoms with E-state index in [1.807, 2.05) is 6.92 Å². The van der Waals surface area contributed by atoms with Crippen LogP contribution in [0.2, 0.25) is 0 Å². The van der Waals surface area contributed by atoms with Gasteiger partial charge in [0.15, 0.2) is 0 Å². The molecule has 108 valence electrons. The topological polar surface area (TPSA) is 81.4 Å². The standard InChI is InChI=1S/C11H16Br2N2O3S/c1-3-8(6-18-2)15-19(16,17)11-9(12)4-7(14)5-10(11)13/h4-5,8,15H,3,6,14H2,1-2H3. The molecule has 0 bridgehead atoms. The Bertz CT molecular complexity index is 526. The van der Waals surface area contributed by atoms with Crippen LogP contribution in [0.1, 0.15) is 13.3 Å². The number of methoxy groups -OCH3 is 1. The summed E-state index contributed by atoms with van der Waals surface area (Å²) in [6, 6.07) is 2.83. The third kappa shape index (κ3) is 4.42. The molecular formula is C11H16Br2N2O3S. The number of nitrogen functional groups attached to an aromatic ring is 1. The summed E-state index contributed by atoms with van der Waals surface area (Å²) < 4.78 is 33.1. The molecule has 0 fully saturated rings. The highest BCUT2D eigenvalue weighted by Gasteiger charge is 2.24. The molecule has 0 radical (unpaired) electrons. The van der Waals surface area contributed by atoms with E-state index in [9.17, 15) is 8.42 Å². The van der Waals surface area contributed by atoms with E-state index in [4.69, 9.17) is 10.5 Å². The predicted octanol–water partition coefficient (Wildman–Crippen LogP) is 2.50. The van der Waals surface area contributed by atoms with Gasteiger partial charge in [-0.3, -0.25) is 0 Å². The molecule has 0 saturated heterocycles. The Labute approximate surface area is 130 Å². The zero-order valence-electron chi connectivity index (χ0n) is 10.6. The van der Waals surface area contributed by atoms with E-state index in [1.54, 1.807) is 12.1 Å². The number of rotatable bonds is 6. The number of benzene rings is 1. The Balaban J connectivity index is 3.14. The van der Waals surface area contributed by atoms with Crippen molar-refractivity contribution < 1.29 is 13.2 Å². The van der Waals surface area contributed by atoms with E-state index in [-0.39, 0.29) is 10.9 Å². The first-order valence-corrected chi connectivity index (χ1v) is 8.64. The third-order valence-electron chi connectivity index (χ3n) is 2.47. The van der Waals surface area contributed by atoms with Crippen molar-refractivity contribution in [1.29, 1.82) is 0 Å². The van der Waals surface area contributed by atoms with Crippen LogP contribution in [0, 0.1) is 0 Å². The fraction of sp³-hybridized carbons (Fsp3) is 0.455. The first-order valence-electron chi connectivity index (χ1n) is 5.57. The van der Waals surface area contributed by atoms with Crippen molar-refractivity contribution in [1.82, 2.24) is 4.72 Å². The van der Waals surface area contributed by atoms with Crippen LogP contribution >= 0.6 is 31.9 Å². The molecule has 0 aromatic heterocycles. The van der Waals surface area contributed by atoms with Crippen LogP contribution in [0.25, 0.3) is 0 Å². The summed E-state index contributed by atoms with van der Waals surface area (Å²) in [7, 11) is -2.12. The number of nitrogens with two attached hydrogens (primary N) is 1. The fourth-order valence-corrected chi connectivity index (χ4v) is 5.47. The van der Waals surface area contributed by atoms with Gasteiger partial charge in [-0.25, -0.2) is 13.1 Å². The highest BCUT2D eigenvalue weighted by atomic mass is 79.9. The van der Waals surface area contributed by atoms with Gasteiger partial charge < -0.3 is 10.5 Å².